The van der Waals surface area contributed by atoms with E-state index < -0.39 is 0 Å². The number of halogens is 1. The van der Waals surface area contributed by atoms with Crippen LogP contribution in [0.5, 0.6) is 0 Å². The third kappa shape index (κ3) is 2.61. The molecular formula is C14H14ClN. The summed E-state index contributed by atoms with van der Waals surface area (Å²) in [6.45, 7) is 2.07. The molecule has 1 unspecified atom stereocenters. The maximum absolute atomic E-state index is 6.37. The van der Waals surface area contributed by atoms with Gasteiger partial charge in [-0.15, -0.1) is 11.6 Å². The van der Waals surface area contributed by atoms with Crippen molar-refractivity contribution in [3.05, 3.63) is 65.5 Å². The summed E-state index contributed by atoms with van der Waals surface area (Å²) in [5, 5.41) is -0.00481. The Bertz CT molecular complexity index is 453. The number of aromatic nitrogens is 1. The molecule has 82 valence electrons. The zero-order valence-electron chi connectivity index (χ0n) is 9.23. The van der Waals surface area contributed by atoms with Gasteiger partial charge < -0.3 is 0 Å². The van der Waals surface area contributed by atoms with Crippen molar-refractivity contribution < 1.29 is 0 Å². The van der Waals surface area contributed by atoms with Crippen LogP contribution in [-0.2, 0) is 6.42 Å². The van der Waals surface area contributed by atoms with Gasteiger partial charge in [-0.2, -0.15) is 0 Å². The van der Waals surface area contributed by atoms with Crippen molar-refractivity contribution in [2.45, 2.75) is 18.7 Å². The van der Waals surface area contributed by atoms with Crippen LogP contribution in [0.3, 0.4) is 0 Å². The molecule has 0 saturated carbocycles. The lowest BCUT2D eigenvalue weighted by Crippen LogP contribution is -2.00. The topological polar surface area (TPSA) is 12.9 Å². The van der Waals surface area contributed by atoms with E-state index in [1.54, 1.807) is 0 Å². The van der Waals surface area contributed by atoms with E-state index in [2.05, 4.69) is 30.1 Å². The number of benzene rings is 1. The third-order valence-corrected chi connectivity index (χ3v) is 3.06. The first-order chi connectivity index (χ1) is 7.77. The van der Waals surface area contributed by atoms with E-state index in [0.29, 0.717) is 0 Å². The van der Waals surface area contributed by atoms with Crippen LogP contribution in [0, 0.1) is 6.92 Å². The van der Waals surface area contributed by atoms with Crippen LogP contribution in [0.1, 0.15) is 22.2 Å². The second-order valence-electron chi connectivity index (χ2n) is 3.85. The average Bonchev–Trinajstić information content (AvgIpc) is 2.33. The second kappa shape index (κ2) is 5.13. The summed E-state index contributed by atoms with van der Waals surface area (Å²) in [6, 6.07) is 14.1. The van der Waals surface area contributed by atoms with Gasteiger partial charge in [0.05, 0.1) is 5.38 Å². The van der Waals surface area contributed by atoms with Crippen molar-refractivity contribution in [2.24, 2.45) is 0 Å². The van der Waals surface area contributed by atoms with Crippen molar-refractivity contribution in [3.63, 3.8) is 0 Å². The van der Waals surface area contributed by atoms with E-state index in [9.17, 15) is 0 Å². The fourth-order valence-electron chi connectivity index (χ4n) is 1.68. The van der Waals surface area contributed by atoms with Crippen LogP contribution in [0.15, 0.2) is 48.7 Å². The normalized spacial score (nSPS) is 12.4. The van der Waals surface area contributed by atoms with Crippen LogP contribution in [-0.4, -0.2) is 4.98 Å². The molecular weight excluding hydrogens is 218 g/mol. The highest BCUT2D eigenvalue weighted by Gasteiger charge is 2.10. The Morgan fingerprint density at radius 1 is 1.12 bits per heavy atom. The van der Waals surface area contributed by atoms with E-state index in [-0.39, 0.29) is 5.38 Å². The summed E-state index contributed by atoms with van der Waals surface area (Å²) in [4.78, 5) is 4.36. The summed E-state index contributed by atoms with van der Waals surface area (Å²) >= 11 is 6.37. The molecule has 0 spiro atoms. The molecule has 16 heavy (non-hydrogen) atoms. The number of nitrogens with zero attached hydrogens (tertiary/aromatic N) is 1. The fraction of sp³-hybridized carbons (Fsp3) is 0.214. The molecule has 0 fully saturated rings. The minimum Gasteiger partial charge on any atom is -0.261 e. The number of rotatable bonds is 3. The van der Waals surface area contributed by atoms with Crippen LogP contribution >= 0.6 is 11.6 Å². The van der Waals surface area contributed by atoms with E-state index in [4.69, 9.17) is 11.6 Å². The zero-order chi connectivity index (χ0) is 11.4. The molecule has 2 heteroatoms. The third-order valence-electron chi connectivity index (χ3n) is 2.65. The molecule has 1 atom stereocenters. The van der Waals surface area contributed by atoms with Gasteiger partial charge in [0.15, 0.2) is 0 Å². The standard InChI is InChI=1S/C14H14ClN/c1-11-6-5-9-16-14(11)10-13(15)12-7-3-2-4-8-12/h2-9,13H,10H2,1H3. The molecule has 2 aromatic rings. The van der Waals surface area contributed by atoms with Crippen LogP contribution < -0.4 is 0 Å². The van der Waals surface area contributed by atoms with Crippen molar-refractivity contribution in [3.8, 4) is 0 Å². The molecule has 0 saturated heterocycles. The molecule has 2 rings (SSSR count). The molecule has 1 nitrogen and oxygen atoms in total. The Morgan fingerprint density at radius 3 is 2.56 bits per heavy atom. The number of hydrogen-bond donors (Lipinski definition) is 0. The minimum atomic E-state index is -0.00481. The molecule has 0 aliphatic rings. The number of hydrogen-bond acceptors (Lipinski definition) is 1. The highest BCUT2D eigenvalue weighted by atomic mass is 35.5. The van der Waals surface area contributed by atoms with Crippen LogP contribution in [0.4, 0.5) is 0 Å². The molecule has 0 N–H and O–H groups in total. The van der Waals surface area contributed by atoms with Gasteiger partial charge in [0.1, 0.15) is 0 Å². The highest BCUT2D eigenvalue weighted by molar-refractivity contribution is 6.20. The highest BCUT2D eigenvalue weighted by Crippen LogP contribution is 2.24. The van der Waals surface area contributed by atoms with Gasteiger partial charge in [0.2, 0.25) is 0 Å². The van der Waals surface area contributed by atoms with E-state index in [1.165, 1.54) is 5.56 Å². The Morgan fingerprint density at radius 2 is 1.88 bits per heavy atom. The number of alkyl halides is 1. The predicted molar refractivity (Wildman–Crippen MR) is 67.7 cm³/mol. The lowest BCUT2D eigenvalue weighted by Gasteiger charge is -2.10. The zero-order valence-corrected chi connectivity index (χ0v) is 9.98. The molecule has 1 aromatic carbocycles. The summed E-state index contributed by atoms with van der Waals surface area (Å²) in [5.74, 6) is 0. The monoisotopic (exact) mass is 231 g/mol. The summed E-state index contributed by atoms with van der Waals surface area (Å²) in [7, 11) is 0. The largest absolute Gasteiger partial charge is 0.261 e. The quantitative estimate of drug-likeness (QED) is 0.730. The fourth-order valence-corrected chi connectivity index (χ4v) is 1.97. The second-order valence-corrected chi connectivity index (χ2v) is 4.38. The lowest BCUT2D eigenvalue weighted by molar-refractivity contribution is 0.870. The first-order valence-electron chi connectivity index (χ1n) is 5.37. The Kier molecular flexibility index (Phi) is 3.58. The van der Waals surface area contributed by atoms with E-state index >= 15 is 0 Å². The first-order valence-corrected chi connectivity index (χ1v) is 5.80. The van der Waals surface area contributed by atoms with Gasteiger partial charge in [-0.05, 0) is 24.1 Å². The Labute approximate surface area is 101 Å². The van der Waals surface area contributed by atoms with E-state index in [1.807, 2.05) is 30.5 Å². The van der Waals surface area contributed by atoms with Crippen LogP contribution in [0.25, 0.3) is 0 Å². The van der Waals surface area contributed by atoms with E-state index in [0.717, 1.165) is 17.7 Å². The SMILES string of the molecule is Cc1cccnc1CC(Cl)c1ccccc1. The van der Waals surface area contributed by atoms with Gasteiger partial charge in [0, 0.05) is 18.3 Å². The lowest BCUT2D eigenvalue weighted by atomic mass is 10.0. The van der Waals surface area contributed by atoms with Crippen molar-refractivity contribution in [2.75, 3.05) is 0 Å². The minimum absolute atomic E-state index is 0.00481. The molecule has 0 amide bonds. The van der Waals surface area contributed by atoms with Crippen molar-refractivity contribution in [1.82, 2.24) is 4.98 Å². The average molecular weight is 232 g/mol. The molecule has 0 bridgehead atoms. The summed E-state index contributed by atoms with van der Waals surface area (Å²) in [6.07, 6.45) is 2.59. The van der Waals surface area contributed by atoms with Gasteiger partial charge in [-0.25, -0.2) is 0 Å². The maximum atomic E-state index is 6.37. The van der Waals surface area contributed by atoms with Gasteiger partial charge in [-0.1, -0.05) is 36.4 Å². The molecule has 1 heterocycles. The number of pyridine rings is 1. The summed E-state index contributed by atoms with van der Waals surface area (Å²) < 4.78 is 0. The molecule has 1 aromatic heterocycles. The first kappa shape index (κ1) is 11.2. The summed E-state index contributed by atoms with van der Waals surface area (Å²) in [5.41, 5.74) is 3.42. The van der Waals surface area contributed by atoms with Gasteiger partial charge >= 0.3 is 0 Å². The Balaban J connectivity index is 2.14. The smallest absolute Gasteiger partial charge is 0.0640 e. The maximum Gasteiger partial charge on any atom is 0.0640 e. The number of aryl methyl sites for hydroxylation is 1. The van der Waals surface area contributed by atoms with Gasteiger partial charge in [0.25, 0.3) is 0 Å². The molecule has 0 aliphatic carbocycles. The van der Waals surface area contributed by atoms with Gasteiger partial charge in [-0.3, -0.25) is 4.98 Å². The van der Waals surface area contributed by atoms with Crippen molar-refractivity contribution >= 4 is 11.6 Å². The van der Waals surface area contributed by atoms with Crippen molar-refractivity contribution in [1.29, 1.82) is 0 Å². The Hall–Kier alpha value is -1.34. The molecule has 0 radical (unpaired) electrons. The molecule has 0 aliphatic heterocycles. The predicted octanol–water partition coefficient (Wildman–Crippen LogP) is 3.91. The van der Waals surface area contributed by atoms with Crippen LogP contribution in [0.2, 0.25) is 0 Å².